The van der Waals surface area contributed by atoms with Gasteiger partial charge in [-0.05, 0) is 18.2 Å². The van der Waals surface area contributed by atoms with Crippen molar-refractivity contribution in [1.29, 1.82) is 0 Å². The van der Waals surface area contributed by atoms with Crippen molar-refractivity contribution in [2.75, 3.05) is 0 Å². The third-order valence-electron chi connectivity index (χ3n) is 2.01. The van der Waals surface area contributed by atoms with Crippen molar-refractivity contribution >= 4 is 29.1 Å². The van der Waals surface area contributed by atoms with E-state index < -0.39 is 10.7 Å². The monoisotopic (exact) mass is 284 g/mol. The Balaban J connectivity index is 2.35. The van der Waals surface area contributed by atoms with E-state index in [1.54, 1.807) is 18.3 Å². The van der Waals surface area contributed by atoms with Crippen LogP contribution in [0, 0.1) is 15.9 Å². The summed E-state index contributed by atoms with van der Waals surface area (Å²) in [5, 5.41) is 11.5. The first-order chi connectivity index (χ1) is 8.56. The van der Waals surface area contributed by atoms with Crippen molar-refractivity contribution in [2.24, 2.45) is 0 Å². The van der Waals surface area contributed by atoms with Crippen LogP contribution in [0.4, 0.5) is 10.1 Å². The predicted octanol–water partition coefficient (Wildman–Crippen LogP) is 3.93. The topological polar surface area (TPSA) is 56.0 Å². The van der Waals surface area contributed by atoms with Crippen LogP contribution in [-0.2, 0) is 0 Å². The molecule has 7 heteroatoms. The van der Waals surface area contributed by atoms with Gasteiger partial charge in [0.05, 0.1) is 16.0 Å². The second-order valence-electron chi connectivity index (χ2n) is 3.29. The molecule has 2 aromatic rings. The van der Waals surface area contributed by atoms with Crippen molar-refractivity contribution in [3.05, 3.63) is 57.5 Å². The Hall–Kier alpha value is -1.66. The molecule has 0 spiro atoms. The average molecular weight is 285 g/mol. The van der Waals surface area contributed by atoms with Gasteiger partial charge in [0, 0.05) is 17.2 Å². The van der Waals surface area contributed by atoms with Gasteiger partial charge < -0.3 is 0 Å². The molecule has 0 radical (unpaired) electrons. The number of nitro benzene ring substituents is 1. The molecule has 0 fully saturated rings. The van der Waals surface area contributed by atoms with E-state index in [9.17, 15) is 14.5 Å². The minimum Gasteiger partial charge on any atom is -0.258 e. The average Bonchev–Trinajstić information content (AvgIpc) is 2.31. The molecule has 4 nitrogen and oxygen atoms in total. The molecule has 0 aliphatic carbocycles. The maximum absolute atomic E-state index is 13.2. The zero-order chi connectivity index (χ0) is 13.1. The van der Waals surface area contributed by atoms with Gasteiger partial charge in [-0.3, -0.25) is 10.1 Å². The number of halogens is 2. The molecule has 92 valence electrons. The Morgan fingerprint density at radius 3 is 2.83 bits per heavy atom. The van der Waals surface area contributed by atoms with E-state index in [1.165, 1.54) is 12.1 Å². The second kappa shape index (κ2) is 5.32. The number of hydrogen-bond donors (Lipinski definition) is 0. The maximum Gasteiger partial charge on any atom is 0.273 e. The molecular weight excluding hydrogens is 279 g/mol. The Bertz CT molecular complexity index is 609. The fourth-order valence-electron chi connectivity index (χ4n) is 1.27. The summed E-state index contributed by atoms with van der Waals surface area (Å²) in [6, 6.07) is 6.65. The van der Waals surface area contributed by atoms with Gasteiger partial charge >= 0.3 is 0 Å². The number of nitrogens with zero attached hydrogens (tertiary/aromatic N) is 2. The first kappa shape index (κ1) is 12.8. The molecule has 1 heterocycles. The molecule has 0 atom stereocenters. The van der Waals surface area contributed by atoms with E-state index in [0.29, 0.717) is 14.9 Å². The first-order valence-corrected chi connectivity index (χ1v) is 5.99. The number of hydrogen-bond acceptors (Lipinski definition) is 4. The molecule has 1 aromatic carbocycles. The molecule has 0 unspecified atom stereocenters. The summed E-state index contributed by atoms with van der Waals surface area (Å²) in [5.41, 5.74) is -0.301. The lowest BCUT2D eigenvalue weighted by Gasteiger charge is -2.03. The summed E-state index contributed by atoms with van der Waals surface area (Å²) in [6.45, 7) is 0. The van der Waals surface area contributed by atoms with E-state index in [0.717, 1.165) is 17.8 Å². The molecule has 0 amide bonds. The summed E-state index contributed by atoms with van der Waals surface area (Å²) < 4.78 is 13.2. The normalized spacial score (nSPS) is 10.3. The van der Waals surface area contributed by atoms with Crippen LogP contribution in [0.15, 0.2) is 46.5 Å². The van der Waals surface area contributed by atoms with Gasteiger partial charge in [-0.1, -0.05) is 23.4 Å². The van der Waals surface area contributed by atoms with Crippen molar-refractivity contribution in [3.63, 3.8) is 0 Å². The third-order valence-corrected chi connectivity index (χ3v) is 3.41. The van der Waals surface area contributed by atoms with Gasteiger partial charge in [0.25, 0.3) is 5.69 Å². The Labute approximate surface area is 111 Å². The highest BCUT2D eigenvalue weighted by molar-refractivity contribution is 7.99. The fourth-order valence-corrected chi connectivity index (χ4v) is 2.36. The van der Waals surface area contributed by atoms with Gasteiger partial charge in [0.15, 0.2) is 0 Å². The highest BCUT2D eigenvalue weighted by atomic mass is 35.5. The number of nitro groups is 1. The molecule has 0 N–H and O–H groups in total. The number of rotatable bonds is 3. The van der Waals surface area contributed by atoms with Crippen LogP contribution in [0.5, 0.6) is 0 Å². The van der Waals surface area contributed by atoms with Crippen molar-refractivity contribution in [2.45, 2.75) is 9.92 Å². The van der Waals surface area contributed by atoms with Gasteiger partial charge in [0.2, 0.25) is 0 Å². The highest BCUT2D eigenvalue weighted by Crippen LogP contribution is 2.33. The van der Waals surface area contributed by atoms with Crippen LogP contribution in [-0.4, -0.2) is 9.91 Å². The van der Waals surface area contributed by atoms with Crippen molar-refractivity contribution in [3.8, 4) is 0 Å². The number of non-ortho nitro benzene ring substituents is 1. The molecule has 0 saturated heterocycles. The summed E-state index contributed by atoms with van der Waals surface area (Å²) in [6.07, 6.45) is 1.54. The van der Waals surface area contributed by atoms with Crippen LogP contribution in [0.3, 0.4) is 0 Å². The maximum atomic E-state index is 13.2. The SMILES string of the molecule is O=[N+]([O-])c1cc(F)cc(Sc2ncccc2Cl)c1. The third kappa shape index (κ3) is 2.96. The standard InChI is InChI=1S/C11H6ClFN2O2S/c12-10-2-1-3-14-11(10)18-9-5-7(13)4-8(6-9)15(16)17/h1-6H. The van der Waals surface area contributed by atoms with E-state index in [-0.39, 0.29) is 5.69 Å². The van der Waals surface area contributed by atoms with Gasteiger partial charge in [-0.25, -0.2) is 9.37 Å². The second-order valence-corrected chi connectivity index (χ2v) is 4.76. The molecule has 2 rings (SSSR count). The lowest BCUT2D eigenvalue weighted by atomic mass is 10.3. The minimum atomic E-state index is -0.668. The molecule has 18 heavy (non-hydrogen) atoms. The summed E-state index contributed by atoms with van der Waals surface area (Å²) in [4.78, 5) is 14.4. The van der Waals surface area contributed by atoms with Crippen molar-refractivity contribution in [1.82, 2.24) is 4.98 Å². The lowest BCUT2D eigenvalue weighted by molar-refractivity contribution is -0.385. The minimum absolute atomic E-state index is 0.301. The molecule has 1 aromatic heterocycles. The van der Waals surface area contributed by atoms with E-state index >= 15 is 0 Å². The zero-order valence-corrected chi connectivity index (χ0v) is 10.4. The van der Waals surface area contributed by atoms with Crippen LogP contribution in [0.2, 0.25) is 5.02 Å². The Morgan fingerprint density at radius 2 is 2.17 bits per heavy atom. The Kier molecular flexibility index (Phi) is 3.78. The smallest absolute Gasteiger partial charge is 0.258 e. The quantitative estimate of drug-likeness (QED) is 0.633. The molecule has 0 aliphatic heterocycles. The fraction of sp³-hybridized carbons (Fsp3) is 0. The van der Waals surface area contributed by atoms with Crippen LogP contribution in [0.25, 0.3) is 0 Å². The van der Waals surface area contributed by atoms with Crippen molar-refractivity contribution < 1.29 is 9.31 Å². The van der Waals surface area contributed by atoms with Gasteiger partial charge in [-0.2, -0.15) is 0 Å². The molecule has 0 bridgehead atoms. The molecular formula is C11H6ClFN2O2S. The molecule has 0 saturated carbocycles. The summed E-state index contributed by atoms with van der Waals surface area (Å²) in [5.74, 6) is -0.668. The number of benzene rings is 1. The van der Waals surface area contributed by atoms with E-state index in [2.05, 4.69) is 4.98 Å². The summed E-state index contributed by atoms with van der Waals surface area (Å²) in [7, 11) is 0. The predicted molar refractivity (Wildman–Crippen MR) is 66.4 cm³/mol. The van der Waals surface area contributed by atoms with Crippen LogP contribution < -0.4 is 0 Å². The van der Waals surface area contributed by atoms with Crippen LogP contribution in [0.1, 0.15) is 0 Å². The lowest BCUT2D eigenvalue weighted by Crippen LogP contribution is -1.90. The van der Waals surface area contributed by atoms with E-state index in [1.807, 2.05) is 0 Å². The first-order valence-electron chi connectivity index (χ1n) is 4.79. The Morgan fingerprint density at radius 1 is 1.39 bits per heavy atom. The number of pyridine rings is 1. The van der Waals surface area contributed by atoms with Gasteiger partial charge in [-0.15, -0.1) is 0 Å². The van der Waals surface area contributed by atoms with Crippen LogP contribution >= 0.6 is 23.4 Å². The largest absolute Gasteiger partial charge is 0.273 e. The van der Waals surface area contributed by atoms with Gasteiger partial charge in [0.1, 0.15) is 10.8 Å². The number of aromatic nitrogens is 1. The molecule has 0 aliphatic rings. The zero-order valence-electron chi connectivity index (χ0n) is 8.84. The summed E-state index contributed by atoms with van der Waals surface area (Å²) >= 11 is 6.98. The highest BCUT2D eigenvalue weighted by Gasteiger charge is 2.12. The van der Waals surface area contributed by atoms with E-state index in [4.69, 9.17) is 11.6 Å².